The highest BCUT2D eigenvalue weighted by Gasteiger charge is 2.49. The number of amides is 2. The molecule has 2 amide bonds. The molecule has 3 aliphatic heterocycles. The first-order chi connectivity index (χ1) is 23.3. The van der Waals surface area contributed by atoms with Crippen LogP contribution in [0.5, 0.6) is 0 Å². The predicted octanol–water partition coefficient (Wildman–Crippen LogP) is 7.78. The summed E-state index contributed by atoms with van der Waals surface area (Å²) in [6.07, 6.45) is 7.20. The van der Waals surface area contributed by atoms with Gasteiger partial charge < -0.3 is 14.8 Å². The predicted molar refractivity (Wildman–Crippen MR) is 185 cm³/mol. The summed E-state index contributed by atoms with van der Waals surface area (Å²) in [5.41, 5.74) is 4.97. The van der Waals surface area contributed by atoms with Crippen LogP contribution in [0.25, 0.3) is 32.9 Å². The van der Waals surface area contributed by atoms with Crippen molar-refractivity contribution in [1.82, 2.24) is 29.7 Å². The number of benzene rings is 2. The number of rotatable bonds is 7. The van der Waals surface area contributed by atoms with Gasteiger partial charge >= 0.3 is 6.03 Å². The molecular formula is C36H33Cl2FN8O. The molecule has 2 aromatic carbocycles. The lowest BCUT2D eigenvalue weighted by Gasteiger charge is -2.42. The fraction of sp³-hybridized carbons (Fsp3) is 0.361. The Morgan fingerprint density at radius 3 is 2.71 bits per heavy atom. The van der Waals surface area contributed by atoms with E-state index < -0.39 is 5.82 Å². The minimum Gasteiger partial charge on any atom is -0.337 e. The van der Waals surface area contributed by atoms with E-state index in [0.29, 0.717) is 63.9 Å². The molecule has 9 rings (SSSR count). The Morgan fingerprint density at radius 2 is 1.98 bits per heavy atom. The molecule has 9 nitrogen and oxygen atoms in total. The van der Waals surface area contributed by atoms with Crippen molar-refractivity contribution >= 4 is 56.7 Å². The first-order valence-corrected chi connectivity index (χ1v) is 17.1. The Hall–Kier alpha value is -4.30. The molecule has 4 fully saturated rings. The number of hydrogen-bond acceptors (Lipinski definition) is 6. The van der Waals surface area contributed by atoms with Gasteiger partial charge in [-0.15, -0.1) is 0 Å². The third kappa shape index (κ3) is 4.74. The summed E-state index contributed by atoms with van der Waals surface area (Å²) in [4.78, 5) is 30.8. The lowest BCUT2D eigenvalue weighted by Crippen LogP contribution is -2.51. The molecule has 4 aliphatic rings. The number of hydrogen-bond donors (Lipinski definition) is 1. The van der Waals surface area contributed by atoms with E-state index >= 15 is 4.39 Å². The van der Waals surface area contributed by atoms with Crippen LogP contribution in [-0.2, 0) is 6.42 Å². The zero-order valence-electron chi connectivity index (χ0n) is 26.6. The average molecular weight is 684 g/mol. The molecule has 1 aliphatic carbocycles. The SMILES string of the molecule is Cc1nc2c(F)c(-c3cccc(Cl)c3Cl)c(CCC#N)cc2c2c1cc([C@@H](C)N1CCCN(c3cncnc3)C1=O)n2[C@H]1[C@H]2CN[C@@H]1C2. The number of urea groups is 1. The molecule has 2 bridgehead atoms. The monoisotopic (exact) mass is 682 g/mol. The molecule has 0 spiro atoms. The normalized spacial score (nSPS) is 21.2. The van der Waals surface area contributed by atoms with Gasteiger partial charge in [0.05, 0.1) is 51.8 Å². The lowest BCUT2D eigenvalue weighted by atomic mass is 9.79. The molecule has 12 heteroatoms. The van der Waals surface area contributed by atoms with E-state index in [1.807, 2.05) is 17.9 Å². The Labute approximate surface area is 287 Å². The second-order valence-electron chi connectivity index (χ2n) is 13.0. The lowest BCUT2D eigenvalue weighted by molar-refractivity contribution is 0.165. The smallest absolute Gasteiger partial charge is 0.325 e. The molecule has 1 saturated carbocycles. The number of aromatic nitrogens is 4. The quantitative estimate of drug-likeness (QED) is 0.188. The minimum absolute atomic E-state index is 0.0948. The molecular weight excluding hydrogens is 650 g/mol. The fourth-order valence-corrected chi connectivity index (χ4v) is 8.49. The molecule has 3 saturated heterocycles. The highest BCUT2D eigenvalue weighted by Crippen LogP contribution is 2.50. The maximum Gasteiger partial charge on any atom is 0.325 e. The van der Waals surface area contributed by atoms with E-state index in [4.69, 9.17) is 28.2 Å². The number of pyridine rings is 1. The van der Waals surface area contributed by atoms with Crippen molar-refractivity contribution in [3.05, 3.63) is 81.9 Å². The largest absolute Gasteiger partial charge is 0.337 e. The van der Waals surface area contributed by atoms with Crippen LogP contribution < -0.4 is 10.2 Å². The van der Waals surface area contributed by atoms with Crippen LogP contribution in [0.1, 0.15) is 55.2 Å². The summed E-state index contributed by atoms with van der Waals surface area (Å²) in [6.45, 7) is 6.09. The Morgan fingerprint density at radius 1 is 1.17 bits per heavy atom. The molecule has 0 radical (unpaired) electrons. The number of fused-ring (bicyclic) bond motifs is 4. The first kappa shape index (κ1) is 31.0. The van der Waals surface area contributed by atoms with E-state index in [0.717, 1.165) is 36.0 Å². The summed E-state index contributed by atoms with van der Waals surface area (Å²) in [5.74, 6) is -0.0684. The van der Waals surface area contributed by atoms with Crippen LogP contribution in [-0.4, -0.2) is 56.1 Å². The number of carbonyl (C=O) groups is 1. The summed E-state index contributed by atoms with van der Waals surface area (Å²) in [5, 5.41) is 15.4. The molecule has 48 heavy (non-hydrogen) atoms. The second-order valence-corrected chi connectivity index (χ2v) is 13.8. The molecule has 6 heterocycles. The average Bonchev–Trinajstić information content (AvgIpc) is 3.83. The second kappa shape index (κ2) is 12.0. The van der Waals surface area contributed by atoms with Crippen LogP contribution in [0.3, 0.4) is 0 Å². The maximum atomic E-state index is 17.0. The van der Waals surface area contributed by atoms with Crippen molar-refractivity contribution in [3.63, 3.8) is 0 Å². The zero-order chi connectivity index (χ0) is 33.3. The summed E-state index contributed by atoms with van der Waals surface area (Å²) in [6, 6.07) is 11.6. The van der Waals surface area contributed by atoms with E-state index in [-0.39, 0.29) is 41.1 Å². The van der Waals surface area contributed by atoms with Crippen molar-refractivity contribution in [2.24, 2.45) is 5.92 Å². The van der Waals surface area contributed by atoms with Crippen molar-refractivity contribution in [3.8, 4) is 17.2 Å². The van der Waals surface area contributed by atoms with E-state index in [9.17, 15) is 10.1 Å². The van der Waals surface area contributed by atoms with Crippen LogP contribution in [0.4, 0.5) is 14.9 Å². The number of nitrogens with one attached hydrogen (secondary N) is 1. The highest BCUT2D eigenvalue weighted by atomic mass is 35.5. The van der Waals surface area contributed by atoms with Crippen LogP contribution in [0.15, 0.2) is 49.1 Å². The van der Waals surface area contributed by atoms with Gasteiger partial charge in [0.15, 0.2) is 5.82 Å². The topological polar surface area (TPSA) is 103 Å². The summed E-state index contributed by atoms with van der Waals surface area (Å²) in [7, 11) is 0. The number of carbonyl (C=O) groups excluding carboxylic acids is 1. The summed E-state index contributed by atoms with van der Waals surface area (Å²) < 4.78 is 19.4. The van der Waals surface area contributed by atoms with Gasteiger partial charge in [0.1, 0.15) is 11.8 Å². The number of anilines is 1. The van der Waals surface area contributed by atoms with E-state index in [2.05, 4.69) is 38.9 Å². The van der Waals surface area contributed by atoms with Gasteiger partial charge in [-0.05, 0) is 62.8 Å². The van der Waals surface area contributed by atoms with Crippen molar-refractivity contribution in [1.29, 1.82) is 5.26 Å². The first-order valence-electron chi connectivity index (χ1n) is 16.3. The molecule has 244 valence electrons. The van der Waals surface area contributed by atoms with Gasteiger partial charge in [0.2, 0.25) is 0 Å². The number of aryl methyl sites for hydroxylation is 2. The third-order valence-electron chi connectivity index (χ3n) is 10.4. The van der Waals surface area contributed by atoms with Crippen molar-refractivity contribution < 1.29 is 9.18 Å². The zero-order valence-corrected chi connectivity index (χ0v) is 28.1. The third-order valence-corrected chi connectivity index (χ3v) is 11.3. The Kier molecular flexibility index (Phi) is 7.74. The van der Waals surface area contributed by atoms with E-state index in [1.165, 1.54) is 6.33 Å². The molecule has 0 unspecified atom stereocenters. The standard InChI is InChI=1S/C36H33Cl2FN8O/c1-19-25-14-29(20(2)45-10-5-11-46(36(45)48)23-16-41-18-42-17-23)47(34-22-13-28(34)43-15-22)35(25)26-12-21(6-4-9-40)30(32(39)33(26)44-19)24-7-3-8-27(37)31(24)38/h3,7-8,12,14,16-18,20,22,28,34,43H,4-6,10-11,13,15H2,1-2H3/t20-,22-,28-,34+/m1/s1. The highest BCUT2D eigenvalue weighted by molar-refractivity contribution is 6.43. The number of halogens is 3. The Bertz CT molecular complexity index is 2130. The van der Waals surface area contributed by atoms with Crippen LogP contribution in [0.2, 0.25) is 10.0 Å². The van der Waals surface area contributed by atoms with Crippen molar-refractivity contribution in [2.75, 3.05) is 24.5 Å². The van der Waals surface area contributed by atoms with Crippen LogP contribution >= 0.6 is 23.2 Å². The number of nitrogens with zero attached hydrogens (tertiary/aromatic N) is 7. The van der Waals surface area contributed by atoms with E-state index in [1.54, 1.807) is 35.5 Å². The van der Waals surface area contributed by atoms with Gasteiger partial charge in [-0.25, -0.2) is 24.1 Å². The number of nitriles is 1. The fourth-order valence-electron chi connectivity index (χ4n) is 8.10. The van der Waals surface area contributed by atoms with Gasteiger partial charge in [-0.2, -0.15) is 5.26 Å². The molecule has 3 aromatic heterocycles. The van der Waals surface area contributed by atoms with Crippen LogP contribution in [0, 0.1) is 30.0 Å². The summed E-state index contributed by atoms with van der Waals surface area (Å²) >= 11 is 13.0. The molecule has 1 N–H and O–H groups in total. The Balaban J connectivity index is 1.35. The maximum absolute atomic E-state index is 17.0. The molecule has 5 aromatic rings. The minimum atomic E-state index is -0.487. The van der Waals surface area contributed by atoms with Gasteiger partial charge in [-0.1, -0.05) is 35.3 Å². The van der Waals surface area contributed by atoms with Gasteiger partial charge in [-0.3, -0.25) is 4.90 Å². The molecule has 4 atom stereocenters. The van der Waals surface area contributed by atoms with Gasteiger partial charge in [0, 0.05) is 65.4 Å². The van der Waals surface area contributed by atoms with Crippen molar-refractivity contribution in [2.45, 2.75) is 57.7 Å². The van der Waals surface area contributed by atoms with Gasteiger partial charge in [0.25, 0.3) is 0 Å².